The Kier molecular flexibility index (Phi) is 3.26. The number of nitrogens with one attached hydrogen (secondary N) is 2. The lowest BCUT2D eigenvalue weighted by Crippen LogP contribution is -2.34. The van der Waals surface area contributed by atoms with Gasteiger partial charge in [0, 0.05) is 17.4 Å². The molecule has 1 aromatic rings. The highest BCUT2D eigenvalue weighted by Crippen LogP contribution is 2.34. The maximum Gasteiger partial charge on any atom is 0.0527 e. The summed E-state index contributed by atoms with van der Waals surface area (Å²) in [5, 5.41) is 7.58. The van der Waals surface area contributed by atoms with Crippen molar-refractivity contribution in [2.24, 2.45) is 0 Å². The number of aromatic nitrogens is 1. The normalized spacial score (nSPS) is 17.5. The van der Waals surface area contributed by atoms with Crippen molar-refractivity contribution in [2.45, 2.75) is 23.7 Å². The van der Waals surface area contributed by atoms with Crippen LogP contribution in [0.1, 0.15) is 18.5 Å². The highest BCUT2D eigenvalue weighted by atomic mass is 79.9. The number of hydrogen-bond donors (Lipinski definition) is 2. The van der Waals surface area contributed by atoms with Crippen molar-refractivity contribution in [3.8, 4) is 0 Å². The quantitative estimate of drug-likeness (QED) is 0.805. The first-order valence-corrected chi connectivity index (χ1v) is 6.34. The Morgan fingerprint density at radius 1 is 1.47 bits per heavy atom. The van der Waals surface area contributed by atoms with Crippen molar-refractivity contribution in [3.05, 3.63) is 24.0 Å². The van der Waals surface area contributed by atoms with Crippen LogP contribution in [0.3, 0.4) is 0 Å². The zero-order valence-electron chi connectivity index (χ0n) is 8.89. The molecule has 0 spiro atoms. The Morgan fingerprint density at radius 2 is 2.27 bits per heavy atom. The van der Waals surface area contributed by atoms with Crippen LogP contribution in [0, 0.1) is 0 Å². The molecule has 1 saturated carbocycles. The van der Waals surface area contributed by atoms with E-state index in [0.29, 0.717) is 5.54 Å². The third kappa shape index (κ3) is 2.69. The molecule has 1 aliphatic carbocycles. The topological polar surface area (TPSA) is 37.0 Å². The molecule has 3 nitrogen and oxygen atoms in total. The summed E-state index contributed by atoms with van der Waals surface area (Å²) in [6.45, 7) is 0.985. The van der Waals surface area contributed by atoms with Crippen LogP contribution in [-0.4, -0.2) is 24.1 Å². The molecule has 1 heterocycles. The van der Waals surface area contributed by atoms with E-state index in [1.54, 1.807) is 0 Å². The molecule has 1 aliphatic rings. The summed E-state index contributed by atoms with van der Waals surface area (Å²) in [7, 11) is 2.03. The molecule has 0 atom stereocenters. The maximum atomic E-state index is 4.31. The van der Waals surface area contributed by atoms with Gasteiger partial charge in [0.05, 0.1) is 17.6 Å². The number of rotatable bonds is 5. The number of likely N-dealkylation sites (N-methyl/N-ethyl adjacent to an activating group) is 1. The summed E-state index contributed by atoms with van der Waals surface area (Å²) in [5.74, 6) is 0. The second-order valence-corrected chi connectivity index (χ2v) is 4.62. The van der Waals surface area contributed by atoms with E-state index >= 15 is 0 Å². The molecule has 0 bridgehead atoms. The number of halogens is 1. The predicted octanol–water partition coefficient (Wildman–Crippen LogP) is 2.14. The summed E-state index contributed by atoms with van der Waals surface area (Å²) < 4.78 is 0. The zero-order chi connectivity index (χ0) is 10.7. The second kappa shape index (κ2) is 4.49. The van der Waals surface area contributed by atoms with Crippen LogP contribution in [0.25, 0.3) is 0 Å². The minimum absolute atomic E-state index is 0.341. The lowest BCUT2D eigenvalue weighted by Gasteiger charge is -2.15. The number of alkyl halides is 1. The second-order valence-electron chi connectivity index (χ2n) is 4.06. The third-order valence-corrected chi connectivity index (χ3v) is 3.55. The van der Waals surface area contributed by atoms with Gasteiger partial charge in [-0.15, -0.1) is 0 Å². The Balaban J connectivity index is 1.88. The maximum absolute atomic E-state index is 4.31. The molecule has 4 heteroatoms. The van der Waals surface area contributed by atoms with Crippen LogP contribution < -0.4 is 10.6 Å². The fourth-order valence-electron chi connectivity index (χ4n) is 1.55. The minimum atomic E-state index is 0.341. The van der Waals surface area contributed by atoms with Crippen LogP contribution >= 0.6 is 15.9 Å². The molecule has 15 heavy (non-hydrogen) atoms. The predicted molar refractivity (Wildman–Crippen MR) is 66.4 cm³/mol. The van der Waals surface area contributed by atoms with Crippen molar-refractivity contribution in [2.75, 3.05) is 18.9 Å². The molecule has 0 radical (unpaired) electrons. The van der Waals surface area contributed by atoms with E-state index in [1.807, 2.05) is 19.3 Å². The van der Waals surface area contributed by atoms with E-state index in [4.69, 9.17) is 0 Å². The molecule has 0 saturated heterocycles. The van der Waals surface area contributed by atoms with Crippen molar-refractivity contribution < 1.29 is 0 Å². The molecular weight excluding hydrogens is 254 g/mol. The molecule has 0 unspecified atom stereocenters. The van der Waals surface area contributed by atoms with Crippen molar-refractivity contribution in [1.29, 1.82) is 0 Å². The highest BCUT2D eigenvalue weighted by Gasteiger charge is 2.40. The monoisotopic (exact) mass is 269 g/mol. The van der Waals surface area contributed by atoms with Crippen LogP contribution in [0.15, 0.2) is 18.3 Å². The van der Waals surface area contributed by atoms with Gasteiger partial charge in [-0.1, -0.05) is 15.9 Å². The van der Waals surface area contributed by atoms with Gasteiger partial charge in [-0.2, -0.15) is 0 Å². The number of anilines is 1. The van der Waals surface area contributed by atoms with Gasteiger partial charge in [0.1, 0.15) is 0 Å². The van der Waals surface area contributed by atoms with Gasteiger partial charge in [-0.3, -0.25) is 4.98 Å². The van der Waals surface area contributed by atoms with E-state index in [1.165, 1.54) is 12.8 Å². The summed E-state index contributed by atoms with van der Waals surface area (Å²) in [6.07, 6.45) is 4.43. The summed E-state index contributed by atoms with van der Waals surface area (Å²) in [6, 6.07) is 4.12. The highest BCUT2D eigenvalue weighted by molar-refractivity contribution is 9.08. The van der Waals surface area contributed by atoms with Crippen LogP contribution in [-0.2, 0) is 5.33 Å². The van der Waals surface area contributed by atoms with Crippen LogP contribution in [0.2, 0.25) is 0 Å². The molecule has 0 aromatic carbocycles. The molecule has 0 aliphatic heterocycles. The number of nitrogens with zero attached hydrogens (tertiary/aromatic N) is 1. The Morgan fingerprint density at radius 3 is 2.73 bits per heavy atom. The molecule has 0 amide bonds. The first kappa shape index (κ1) is 10.9. The number of pyridine rings is 1. The van der Waals surface area contributed by atoms with Crippen LogP contribution in [0.4, 0.5) is 5.69 Å². The lowest BCUT2D eigenvalue weighted by atomic mass is 10.2. The average Bonchev–Trinajstić information content (AvgIpc) is 3.08. The van der Waals surface area contributed by atoms with Crippen molar-refractivity contribution in [1.82, 2.24) is 10.3 Å². The van der Waals surface area contributed by atoms with E-state index in [-0.39, 0.29) is 0 Å². The summed E-state index contributed by atoms with van der Waals surface area (Å²) >= 11 is 3.38. The van der Waals surface area contributed by atoms with E-state index in [0.717, 1.165) is 23.3 Å². The zero-order valence-corrected chi connectivity index (χ0v) is 10.5. The standard InChI is InChI=1S/C11H16BrN3/c1-13-11(4-5-11)8-15-10-3-2-9(6-12)14-7-10/h2-3,7,13,15H,4-6,8H2,1H3. The summed E-state index contributed by atoms with van der Waals surface area (Å²) in [4.78, 5) is 4.31. The van der Waals surface area contributed by atoms with Gasteiger partial charge in [-0.25, -0.2) is 0 Å². The van der Waals surface area contributed by atoms with E-state index in [2.05, 4.69) is 37.6 Å². The molecule has 2 N–H and O–H groups in total. The summed E-state index contributed by atoms with van der Waals surface area (Å²) in [5.41, 5.74) is 2.50. The van der Waals surface area contributed by atoms with Gasteiger partial charge < -0.3 is 10.6 Å². The minimum Gasteiger partial charge on any atom is -0.382 e. The number of hydrogen-bond acceptors (Lipinski definition) is 3. The SMILES string of the molecule is CNC1(CNc2ccc(CBr)nc2)CC1. The van der Waals surface area contributed by atoms with E-state index in [9.17, 15) is 0 Å². The molecule has 1 aromatic heterocycles. The van der Waals surface area contributed by atoms with Gasteiger partial charge in [0.25, 0.3) is 0 Å². The molecule has 1 fully saturated rings. The molecule has 82 valence electrons. The smallest absolute Gasteiger partial charge is 0.0527 e. The largest absolute Gasteiger partial charge is 0.382 e. The molecular formula is C11H16BrN3. The van der Waals surface area contributed by atoms with E-state index < -0.39 is 0 Å². The Hall–Kier alpha value is -0.610. The fraction of sp³-hybridized carbons (Fsp3) is 0.545. The molecule has 2 rings (SSSR count). The first-order chi connectivity index (χ1) is 7.28. The fourth-order valence-corrected chi connectivity index (χ4v) is 1.88. The van der Waals surface area contributed by atoms with Gasteiger partial charge in [0.15, 0.2) is 0 Å². The lowest BCUT2D eigenvalue weighted by molar-refractivity contribution is 0.578. The Labute approximate surface area is 98.8 Å². The average molecular weight is 270 g/mol. The third-order valence-electron chi connectivity index (χ3n) is 2.98. The van der Waals surface area contributed by atoms with Crippen LogP contribution in [0.5, 0.6) is 0 Å². The van der Waals surface area contributed by atoms with Gasteiger partial charge in [-0.05, 0) is 32.0 Å². The van der Waals surface area contributed by atoms with Gasteiger partial charge >= 0.3 is 0 Å². The first-order valence-electron chi connectivity index (χ1n) is 5.22. The van der Waals surface area contributed by atoms with Crippen molar-refractivity contribution in [3.63, 3.8) is 0 Å². The van der Waals surface area contributed by atoms with Crippen molar-refractivity contribution >= 4 is 21.6 Å². The Bertz CT molecular complexity index is 319. The van der Waals surface area contributed by atoms with Gasteiger partial charge in [0.2, 0.25) is 0 Å².